The van der Waals surface area contributed by atoms with Crippen molar-refractivity contribution in [3.63, 3.8) is 0 Å². The molecule has 2 heterocycles. The van der Waals surface area contributed by atoms with Gasteiger partial charge in [0.15, 0.2) is 11.0 Å². The lowest BCUT2D eigenvalue weighted by Gasteiger charge is -2.11. The van der Waals surface area contributed by atoms with E-state index in [1.54, 1.807) is 50.8 Å². The predicted octanol–water partition coefficient (Wildman–Crippen LogP) is 4.99. The van der Waals surface area contributed by atoms with Crippen LogP contribution in [0.25, 0.3) is 11.4 Å². The molecule has 0 bridgehead atoms. The second-order valence-electron chi connectivity index (χ2n) is 6.92. The maximum atomic E-state index is 12.6. The summed E-state index contributed by atoms with van der Waals surface area (Å²) < 4.78 is 17.9. The molecule has 1 N–H and O–H groups in total. The van der Waals surface area contributed by atoms with Crippen LogP contribution in [0.1, 0.15) is 5.76 Å². The summed E-state index contributed by atoms with van der Waals surface area (Å²) in [5.41, 5.74) is 1.44. The van der Waals surface area contributed by atoms with Crippen LogP contribution >= 0.6 is 23.4 Å². The third-order valence-electron chi connectivity index (χ3n) is 4.68. The van der Waals surface area contributed by atoms with Crippen molar-refractivity contribution in [2.75, 3.05) is 25.3 Å². The Labute approximate surface area is 199 Å². The normalized spacial score (nSPS) is 10.8. The van der Waals surface area contributed by atoms with Crippen molar-refractivity contribution in [2.45, 2.75) is 11.7 Å². The van der Waals surface area contributed by atoms with Crippen LogP contribution in [-0.2, 0) is 11.3 Å². The van der Waals surface area contributed by atoms with Crippen molar-refractivity contribution in [3.8, 4) is 22.9 Å². The number of nitrogens with one attached hydrogen (secondary N) is 1. The van der Waals surface area contributed by atoms with E-state index >= 15 is 0 Å². The number of ether oxygens (including phenoxy) is 2. The lowest BCUT2D eigenvalue weighted by atomic mass is 10.2. The minimum absolute atomic E-state index is 0.135. The largest absolute Gasteiger partial charge is 0.497 e. The maximum absolute atomic E-state index is 12.6. The van der Waals surface area contributed by atoms with Gasteiger partial charge in [-0.15, -0.1) is 10.2 Å². The highest BCUT2D eigenvalue weighted by molar-refractivity contribution is 7.99. The summed E-state index contributed by atoms with van der Waals surface area (Å²) in [6, 6.07) is 16.2. The SMILES string of the molecule is COc1cc(NC(=O)CSc2nnc(-c3ccc(Cl)cc3)n2Cc2ccco2)cc(OC)c1. The number of hydrogen-bond acceptors (Lipinski definition) is 7. The van der Waals surface area contributed by atoms with Gasteiger partial charge in [-0.05, 0) is 36.4 Å². The highest BCUT2D eigenvalue weighted by Crippen LogP contribution is 2.28. The Hall–Kier alpha value is -3.43. The van der Waals surface area contributed by atoms with Gasteiger partial charge in [-0.1, -0.05) is 23.4 Å². The predicted molar refractivity (Wildman–Crippen MR) is 127 cm³/mol. The van der Waals surface area contributed by atoms with Gasteiger partial charge in [-0.25, -0.2) is 0 Å². The molecule has 33 heavy (non-hydrogen) atoms. The minimum atomic E-state index is -0.198. The van der Waals surface area contributed by atoms with Crippen LogP contribution in [0.4, 0.5) is 5.69 Å². The number of thioether (sulfide) groups is 1. The number of methoxy groups -OCH3 is 2. The Kier molecular flexibility index (Phi) is 7.21. The Morgan fingerprint density at radius 3 is 2.45 bits per heavy atom. The van der Waals surface area contributed by atoms with Gasteiger partial charge >= 0.3 is 0 Å². The molecule has 0 radical (unpaired) electrons. The summed E-state index contributed by atoms with van der Waals surface area (Å²) >= 11 is 7.31. The van der Waals surface area contributed by atoms with Gasteiger partial charge in [0.1, 0.15) is 17.3 Å². The average Bonchev–Trinajstić information content (AvgIpc) is 3.48. The Morgan fingerprint density at radius 1 is 1.09 bits per heavy atom. The van der Waals surface area contributed by atoms with Gasteiger partial charge in [0.25, 0.3) is 0 Å². The molecule has 8 nitrogen and oxygen atoms in total. The molecule has 0 unspecified atom stereocenters. The highest BCUT2D eigenvalue weighted by Gasteiger charge is 2.17. The fourth-order valence-corrected chi connectivity index (χ4v) is 3.98. The van der Waals surface area contributed by atoms with Crippen molar-refractivity contribution >= 4 is 35.0 Å². The van der Waals surface area contributed by atoms with Crippen molar-refractivity contribution < 1.29 is 18.7 Å². The summed E-state index contributed by atoms with van der Waals surface area (Å²) in [6.07, 6.45) is 1.62. The van der Waals surface area contributed by atoms with E-state index in [1.807, 2.05) is 28.8 Å². The average molecular weight is 485 g/mol. The van der Waals surface area contributed by atoms with Crippen molar-refractivity contribution in [2.24, 2.45) is 0 Å². The molecule has 0 aliphatic carbocycles. The number of nitrogens with zero attached hydrogens (tertiary/aromatic N) is 3. The second kappa shape index (κ2) is 10.5. The molecule has 4 rings (SSSR count). The van der Waals surface area contributed by atoms with Gasteiger partial charge < -0.3 is 19.2 Å². The van der Waals surface area contributed by atoms with Gasteiger partial charge in [0.05, 0.1) is 32.8 Å². The molecule has 2 aromatic heterocycles. The van der Waals surface area contributed by atoms with Gasteiger partial charge in [0.2, 0.25) is 5.91 Å². The number of aromatic nitrogens is 3. The fraction of sp³-hybridized carbons (Fsp3) is 0.174. The molecule has 2 aromatic carbocycles. The number of anilines is 1. The zero-order chi connectivity index (χ0) is 23.2. The summed E-state index contributed by atoms with van der Waals surface area (Å²) in [4.78, 5) is 12.6. The molecule has 1 amide bonds. The second-order valence-corrected chi connectivity index (χ2v) is 8.30. The Bertz CT molecular complexity index is 1200. The van der Waals surface area contributed by atoms with Crippen molar-refractivity contribution in [3.05, 3.63) is 71.6 Å². The monoisotopic (exact) mass is 484 g/mol. The molecular formula is C23H21ClN4O4S. The molecule has 10 heteroatoms. The molecule has 0 spiro atoms. The Morgan fingerprint density at radius 2 is 1.82 bits per heavy atom. The Balaban J connectivity index is 1.51. The number of amides is 1. The van der Waals surface area contributed by atoms with Crippen LogP contribution in [0.3, 0.4) is 0 Å². The van der Waals surface area contributed by atoms with E-state index in [2.05, 4.69) is 15.5 Å². The molecule has 170 valence electrons. The number of rotatable bonds is 9. The number of hydrogen-bond donors (Lipinski definition) is 1. The van der Waals surface area contributed by atoms with E-state index in [4.69, 9.17) is 25.5 Å². The van der Waals surface area contributed by atoms with E-state index in [0.29, 0.717) is 39.7 Å². The van der Waals surface area contributed by atoms with E-state index in [-0.39, 0.29) is 11.7 Å². The van der Waals surface area contributed by atoms with Crippen LogP contribution in [0.15, 0.2) is 70.4 Å². The van der Waals surface area contributed by atoms with Crippen LogP contribution < -0.4 is 14.8 Å². The molecule has 0 aliphatic rings. The molecule has 0 saturated carbocycles. The number of halogens is 1. The molecule has 0 fully saturated rings. The zero-order valence-corrected chi connectivity index (χ0v) is 19.5. The highest BCUT2D eigenvalue weighted by atomic mass is 35.5. The van der Waals surface area contributed by atoms with Crippen molar-refractivity contribution in [1.29, 1.82) is 0 Å². The number of carbonyl (C=O) groups excluding carboxylic acids is 1. The first-order valence-electron chi connectivity index (χ1n) is 9.93. The zero-order valence-electron chi connectivity index (χ0n) is 17.9. The summed E-state index contributed by atoms with van der Waals surface area (Å²) in [6.45, 7) is 0.426. The van der Waals surface area contributed by atoms with Crippen LogP contribution in [0.5, 0.6) is 11.5 Å². The molecular weight excluding hydrogens is 464 g/mol. The molecule has 4 aromatic rings. The number of carbonyl (C=O) groups is 1. The topological polar surface area (TPSA) is 91.4 Å². The number of benzene rings is 2. The van der Waals surface area contributed by atoms with E-state index < -0.39 is 0 Å². The standard InChI is InChI=1S/C23H21ClN4O4S/c1-30-19-10-17(11-20(12-19)31-2)25-21(29)14-33-23-27-26-22(15-5-7-16(24)8-6-15)28(23)13-18-4-3-9-32-18/h3-12H,13-14H2,1-2H3,(H,25,29). The molecule has 0 atom stereocenters. The maximum Gasteiger partial charge on any atom is 0.234 e. The first-order chi connectivity index (χ1) is 16.1. The first kappa shape index (κ1) is 22.8. The van der Waals surface area contributed by atoms with Gasteiger partial charge in [-0.2, -0.15) is 0 Å². The van der Waals surface area contributed by atoms with E-state index in [9.17, 15) is 4.79 Å². The van der Waals surface area contributed by atoms with Gasteiger partial charge in [0, 0.05) is 34.5 Å². The van der Waals surface area contributed by atoms with Crippen LogP contribution in [0.2, 0.25) is 5.02 Å². The lowest BCUT2D eigenvalue weighted by Crippen LogP contribution is -2.15. The molecule has 0 aliphatic heterocycles. The summed E-state index contributed by atoms with van der Waals surface area (Å²) in [5.74, 6) is 2.52. The van der Waals surface area contributed by atoms with Crippen LogP contribution in [0, 0.1) is 0 Å². The smallest absolute Gasteiger partial charge is 0.234 e. The van der Waals surface area contributed by atoms with Gasteiger partial charge in [-0.3, -0.25) is 9.36 Å². The third kappa shape index (κ3) is 5.68. The molecule has 0 saturated heterocycles. The third-order valence-corrected chi connectivity index (χ3v) is 5.90. The quantitative estimate of drug-likeness (QED) is 0.335. The summed E-state index contributed by atoms with van der Waals surface area (Å²) in [7, 11) is 3.11. The number of furan rings is 1. The van der Waals surface area contributed by atoms with Crippen molar-refractivity contribution in [1.82, 2.24) is 14.8 Å². The van der Waals surface area contributed by atoms with E-state index in [0.717, 1.165) is 11.3 Å². The first-order valence-corrected chi connectivity index (χ1v) is 11.3. The minimum Gasteiger partial charge on any atom is -0.497 e. The fourth-order valence-electron chi connectivity index (χ4n) is 3.12. The van der Waals surface area contributed by atoms with Crippen LogP contribution in [-0.4, -0.2) is 40.6 Å². The summed E-state index contributed by atoms with van der Waals surface area (Å²) in [5, 5.41) is 12.7. The lowest BCUT2D eigenvalue weighted by molar-refractivity contribution is -0.113. The van der Waals surface area contributed by atoms with E-state index in [1.165, 1.54) is 11.8 Å².